The fourth-order valence-corrected chi connectivity index (χ4v) is 3.18. The molecular formula is C18H22N4O3. The number of amides is 1. The van der Waals surface area contributed by atoms with Crippen LogP contribution in [0.25, 0.3) is 11.4 Å². The SMILES string of the molecule is O=C(O)CCC1CCCN(C(=O)Cn2cnc(-c3ccccc3)n2)C1. The maximum Gasteiger partial charge on any atom is 0.303 e. The monoisotopic (exact) mass is 342 g/mol. The second-order valence-corrected chi connectivity index (χ2v) is 6.41. The number of carboxylic acid groups (broad SMARTS) is 1. The van der Waals surface area contributed by atoms with E-state index in [1.165, 1.54) is 0 Å². The number of hydrogen-bond acceptors (Lipinski definition) is 4. The van der Waals surface area contributed by atoms with Gasteiger partial charge in [0.2, 0.25) is 5.91 Å². The van der Waals surface area contributed by atoms with Crippen LogP contribution in [-0.4, -0.2) is 49.7 Å². The molecule has 1 amide bonds. The van der Waals surface area contributed by atoms with Crippen LogP contribution in [0.5, 0.6) is 0 Å². The largest absolute Gasteiger partial charge is 0.481 e. The van der Waals surface area contributed by atoms with Gasteiger partial charge in [0.25, 0.3) is 0 Å². The van der Waals surface area contributed by atoms with E-state index in [9.17, 15) is 9.59 Å². The van der Waals surface area contributed by atoms with Crippen LogP contribution in [0.3, 0.4) is 0 Å². The number of likely N-dealkylation sites (tertiary alicyclic amines) is 1. The van der Waals surface area contributed by atoms with Crippen LogP contribution in [-0.2, 0) is 16.1 Å². The predicted molar refractivity (Wildman–Crippen MR) is 91.6 cm³/mol. The average Bonchev–Trinajstić information content (AvgIpc) is 3.09. The number of benzene rings is 1. The maximum absolute atomic E-state index is 12.5. The molecule has 2 heterocycles. The van der Waals surface area contributed by atoms with E-state index in [1.807, 2.05) is 35.2 Å². The lowest BCUT2D eigenvalue weighted by atomic mass is 9.93. The number of nitrogens with zero attached hydrogens (tertiary/aromatic N) is 4. The summed E-state index contributed by atoms with van der Waals surface area (Å²) >= 11 is 0. The molecule has 1 fully saturated rings. The Morgan fingerprint density at radius 1 is 1.24 bits per heavy atom. The standard InChI is InChI=1S/C18H22N4O3/c23-16(21-10-4-5-14(11-21)8-9-17(24)25)12-22-13-19-18(20-22)15-6-2-1-3-7-15/h1-3,6-7,13-14H,4-5,8-12H2,(H,24,25). The molecule has 1 aliphatic rings. The van der Waals surface area contributed by atoms with Crippen LogP contribution in [0, 0.1) is 5.92 Å². The Morgan fingerprint density at radius 2 is 2.04 bits per heavy atom. The van der Waals surface area contributed by atoms with Gasteiger partial charge in [-0.1, -0.05) is 30.3 Å². The third-order valence-electron chi connectivity index (χ3n) is 4.50. The molecule has 25 heavy (non-hydrogen) atoms. The highest BCUT2D eigenvalue weighted by atomic mass is 16.4. The van der Waals surface area contributed by atoms with Crippen molar-refractivity contribution >= 4 is 11.9 Å². The average molecular weight is 342 g/mol. The van der Waals surface area contributed by atoms with Gasteiger partial charge in [-0.05, 0) is 25.2 Å². The smallest absolute Gasteiger partial charge is 0.303 e. The van der Waals surface area contributed by atoms with E-state index in [-0.39, 0.29) is 24.8 Å². The molecule has 132 valence electrons. The number of carboxylic acids is 1. The van der Waals surface area contributed by atoms with Crippen molar-refractivity contribution in [2.45, 2.75) is 32.2 Å². The molecule has 0 radical (unpaired) electrons. The maximum atomic E-state index is 12.5. The van der Waals surface area contributed by atoms with Crippen molar-refractivity contribution in [2.75, 3.05) is 13.1 Å². The molecule has 0 saturated carbocycles. The molecule has 0 spiro atoms. The summed E-state index contributed by atoms with van der Waals surface area (Å²) in [5, 5.41) is 13.2. The summed E-state index contributed by atoms with van der Waals surface area (Å²) in [6.45, 7) is 1.51. The predicted octanol–water partition coefficient (Wildman–Crippen LogP) is 2.05. The molecule has 1 aromatic carbocycles. The van der Waals surface area contributed by atoms with E-state index in [1.54, 1.807) is 11.0 Å². The summed E-state index contributed by atoms with van der Waals surface area (Å²) in [6, 6.07) is 9.64. The molecule has 1 aliphatic heterocycles. The Balaban J connectivity index is 1.57. The van der Waals surface area contributed by atoms with E-state index >= 15 is 0 Å². The van der Waals surface area contributed by atoms with Crippen molar-refractivity contribution in [3.05, 3.63) is 36.7 Å². The molecule has 7 nitrogen and oxygen atoms in total. The first-order chi connectivity index (χ1) is 12.1. The molecule has 1 unspecified atom stereocenters. The van der Waals surface area contributed by atoms with Gasteiger partial charge < -0.3 is 10.0 Å². The molecule has 1 aromatic heterocycles. The molecule has 2 aromatic rings. The second kappa shape index (κ2) is 7.92. The fourth-order valence-electron chi connectivity index (χ4n) is 3.18. The summed E-state index contributed by atoms with van der Waals surface area (Å²) in [6.07, 6.45) is 4.27. The van der Waals surface area contributed by atoms with E-state index in [0.717, 1.165) is 24.9 Å². The molecular weight excluding hydrogens is 320 g/mol. The summed E-state index contributed by atoms with van der Waals surface area (Å²) < 4.78 is 1.56. The summed E-state index contributed by atoms with van der Waals surface area (Å²) in [5.74, 6) is 0.0971. The first kappa shape index (κ1) is 17.1. The lowest BCUT2D eigenvalue weighted by molar-refractivity contribution is -0.137. The zero-order valence-electron chi connectivity index (χ0n) is 14.0. The molecule has 1 N–H and O–H groups in total. The minimum absolute atomic E-state index is 0.00420. The van der Waals surface area contributed by atoms with Crippen LogP contribution in [0.15, 0.2) is 36.7 Å². The number of carbonyl (C=O) groups excluding carboxylic acids is 1. The first-order valence-electron chi connectivity index (χ1n) is 8.56. The number of rotatable bonds is 6. The van der Waals surface area contributed by atoms with Gasteiger partial charge in [-0.2, -0.15) is 5.10 Å². The topological polar surface area (TPSA) is 88.3 Å². The fraction of sp³-hybridized carbons (Fsp3) is 0.444. The van der Waals surface area contributed by atoms with Gasteiger partial charge in [-0.3, -0.25) is 9.59 Å². The van der Waals surface area contributed by atoms with Gasteiger partial charge in [0, 0.05) is 25.1 Å². The molecule has 3 rings (SSSR count). The highest BCUT2D eigenvalue weighted by Crippen LogP contribution is 2.21. The lowest BCUT2D eigenvalue weighted by Crippen LogP contribution is -2.41. The van der Waals surface area contributed by atoms with E-state index in [4.69, 9.17) is 5.11 Å². The van der Waals surface area contributed by atoms with Crippen molar-refractivity contribution in [1.29, 1.82) is 0 Å². The molecule has 0 bridgehead atoms. The van der Waals surface area contributed by atoms with Crippen molar-refractivity contribution in [1.82, 2.24) is 19.7 Å². The van der Waals surface area contributed by atoms with Crippen molar-refractivity contribution in [2.24, 2.45) is 5.92 Å². The van der Waals surface area contributed by atoms with Gasteiger partial charge in [0.1, 0.15) is 12.9 Å². The highest BCUT2D eigenvalue weighted by molar-refractivity contribution is 5.76. The third kappa shape index (κ3) is 4.65. The Hall–Kier alpha value is -2.70. The van der Waals surface area contributed by atoms with Crippen LogP contribution in [0.1, 0.15) is 25.7 Å². The van der Waals surface area contributed by atoms with Crippen molar-refractivity contribution in [3.8, 4) is 11.4 Å². The number of hydrogen-bond donors (Lipinski definition) is 1. The molecule has 1 saturated heterocycles. The Bertz CT molecular complexity index is 729. The normalized spacial score (nSPS) is 17.4. The summed E-state index contributed by atoms with van der Waals surface area (Å²) in [7, 11) is 0. The highest BCUT2D eigenvalue weighted by Gasteiger charge is 2.24. The van der Waals surface area contributed by atoms with Crippen LogP contribution < -0.4 is 0 Å². The Morgan fingerprint density at radius 3 is 2.80 bits per heavy atom. The zero-order valence-corrected chi connectivity index (χ0v) is 14.0. The Labute approximate surface area is 146 Å². The number of piperidine rings is 1. The quantitative estimate of drug-likeness (QED) is 0.868. The molecule has 1 atom stereocenters. The first-order valence-corrected chi connectivity index (χ1v) is 8.56. The lowest BCUT2D eigenvalue weighted by Gasteiger charge is -2.32. The minimum Gasteiger partial charge on any atom is -0.481 e. The zero-order chi connectivity index (χ0) is 17.6. The van der Waals surface area contributed by atoms with E-state index in [2.05, 4.69) is 10.1 Å². The number of carbonyl (C=O) groups is 2. The minimum atomic E-state index is -0.778. The van der Waals surface area contributed by atoms with Crippen molar-refractivity contribution < 1.29 is 14.7 Å². The number of aromatic nitrogens is 3. The van der Waals surface area contributed by atoms with Gasteiger partial charge in [0.15, 0.2) is 5.82 Å². The second-order valence-electron chi connectivity index (χ2n) is 6.41. The number of aliphatic carboxylic acids is 1. The molecule has 0 aliphatic carbocycles. The van der Waals surface area contributed by atoms with Gasteiger partial charge >= 0.3 is 5.97 Å². The van der Waals surface area contributed by atoms with Crippen LogP contribution in [0.2, 0.25) is 0 Å². The summed E-state index contributed by atoms with van der Waals surface area (Å²) in [5.41, 5.74) is 0.917. The molecule has 7 heteroatoms. The van der Waals surface area contributed by atoms with Crippen LogP contribution >= 0.6 is 0 Å². The van der Waals surface area contributed by atoms with Crippen molar-refractivity contribution in [3.63, 3.8) is 0 Å². The van der Waals surface area contributed by atoms with E-state index < -0.39 is 5.97 Å². The summed E-state index contributed by atoms with van der Waals surface area (Å²) in [4.78, 5) is 29.3. The van der Waals surface area contributed by atoms with Gasteiger partial charge in [0.05, 0.1) is 0 Å². The van der Waals surface area contributed by atoms with Gasteiger partial charge in [-0.15, -0.1) is 0 Å². The van der Waals surface area contributed by atoms with Crippen LogP contribution in [0.4, 0.5) is 0 Å². The van der Waals surface area contributed by atoms with E-state index in [0.29, 0.717) is 18.8 Å². The Kier molecular flexibility index (Phi) is 5.42. The third-order valence-corrected chi connectivity index (χ3v) is 4.50. The van der Waals surface area contributed by atoms with Gasteiger partial charge in [-0.25, -0.2) is 9.67 Å².